The van der Waals surface area contributed by atoms with Gasteiger partial charge in [-0.3, -0.25) is 0 Å². The van der Waals surface area contributed by atoms with Crippen molar-refractivity contribution in [3.05, 3.63) is 30.3 Å². The van der Waals surface area contributed by atoms with Crippen molar-refractivity contribution in [2.45, 2.75) is 51.3 Å². The number of rotatable bonds is 3. The van der Waals surface area contributed by atoms with Crippen LogP contribution >= 0.6 is 0 Å². The summed E-state index contributed by atoms with van der Waals surface area (Å²) in [5.41, 5.74) is 0.412. The van der Waals surface area contributed by atoms with Gasteiger partial charge in [0.1, 0.15) is 11.4 Å². The van der Waals surface area contributed by atoms with Gasteiger partial charge in [-0.1, -0.05) is 43.4 Å². The summed E-state index contributed by atoms with van der Waals surface area (Å²) in [4.78, 5) is 0.784. The number of hydrogen-bond acceptors (Lipinski definition) is 2. The van der Waals surface area contributed by atoms with Crippen molar-refractivity contribution in [1.29, 1.82) is 0 Å². The molecule has 0 amide bonds. The monoisotopic (exact) mass is 291 g/mol. The summed E-state index contributed by atoms with van der Waals surface area (Å²) in [6.07, 6.45) is 6.81. The van der Waals surface area contributed by atoms with Gasteiger partial charge in [0, 0.05) is 0 Å². The topological polar surface area (TPSA) is 35.4 Å². The molecular weight excluding hydrogens is 266 g/mol. The van der Waals surface area contributed by atoms with Gasteiger partial charge in [-0.15, -0.1) is 0 Å². The Labute approximate surface area is 126 Å². The SMILES string of the molecule is CC(C)(C)C1CCC(C=N[S+]([O-])c2ccccc2)CC1. The molecular formula is C17H25NOS. The highest BCUT2D eigenvalue weighted by Gasteiger charge is 2.29. The first-order valence-electron chi connectivity index (χ1n) is 7.48. The molecule has 2 rings (SSSR count). The molecule has 1 aromatic carbocycles. The summed E-state index contributed by atoms with van der Waals surface area (Å²) in [7, 11) is 0. The average Bonchev–Trinajstić information content (AvgIpc) is 2.45. The van der Waals surface area contributed by atoms with Gasteiger partial charge in [-0.05, 0) is 55.1 Å². The molecule has 1 aromatic rings. The largest absolute Gasteiger partial charge is 0.586 e. The smallest absolute Gasteiger partial charge is 0.182 e. The first-order valence-corrected chi connectivity index (χ1v) is 8.58. The van der Waals surface area contributed by atoms with E-state index in [0.29, 0.717) is 11.3 Å². The fourth-order valence-corrected chi connectivity index (χ4v) is 3.67. The van der Waals surface area contributed by atoms with E-state index in [4.69, 9.17) is 0 Å². The Morgan fingerprint density at radius 1 is 1.10 bits per heavy atom. The van der Waals surface area contributed by atoms with E-state index < -0.39 is 11.4 Å². The van der Waals surface area contributed by atoms with Gasteiger partial charge in [0.05, 0.1) is 6.21 Å². The van der Waals surface area contributed by atoms with Crippen molar-refractivity contribution in [3.63, 3.8) is 0 Å². The van der Waals surface area contributed by atoms with E-state index in [-0.39, 0.29) is 0 Å². The standard InChI is InChI=1S/C17H25NOS/c1-17(2,3)15-11-9-14(10-12-15)13-18-20(19)16-7-5-4-6-8-16/h4-8,13-15H,9-12H2,1-3H3. The summed E-state index contributed by atoms with van der Waals surface area (Å²) >= 11 is -1.24. The van der Waals surface area contributed by atoms with Gasteiger partial charge >= 0.3 is 0 Å². The third-order valence-corrected chi connectivity index (χ3v) is 5.30. The summed E-state index contributed by atoms with van der Waals surface area (Å²) in [6, 6.07) is 9.46. The van der Waals surface area contributed by atoms with Crippen LogP contribution in [0.3, 0.4) is 0 Å². The molecule has 0 spiro atoms. The molecule has 0 saturated heterocycles. The lowest BCUT2D eigenvalue weighted by atomic mass is 9.70. The van der Waals surface area contributed by atoms with Crippen molar-refractivity contribution in [1.82, 2.24) is 0 Å². The Bertz CT molecular complexity index is 430. The van der Waals surface area contributed by atoms with Gasteiger partial charge in [-0.2, -0.15) is 0 Å². The van der Waals surface area contributed by atoms with Crippen molar-refractivity contribution < 1.29 is 4.55 Å². The van der Waals surface area contributed by atoms with Crippen molar-refractivity contribution in [3.8, 4) is 0 Å². The minimum atomic E-state index is -1.24. The van der Waals surface area contributed by atoms with Gasteiger partial charge in [0.15, 0.2) is 4.90 Å². The van der Waals surface area contributed by atoms with Crippen LogP contribution < -0.4 is 0 Å². The highest BCUT2D eigenvalue weighted by molar-refractivity contribution is 7.90. The second-order valence-corrected chi connectivity index (χ2v) is 7.97. The molecule has 0 heterocycles. The zero-order valence-corrected chi connectivity index (χ0v) is 13.5. The summed E-state index contributed by atoms with van der Waals surface area (Å²) in [6.45, 7) is 6.99. The second-order valence-electron chi connectivity index (χ2n) is 6.79. The van der Waals surface area contributed by atoms with Crippen LogP contribution in [0.25, 0.3) is 0 Å². The van der Waals surface area contributed by atoms with E-state index in [2.05, 4.69) is 25.2 Å². The molecule has 1 aliphatic rings. The average molecular weight is 291 g/mol. The highest BCUT2D eigenvalue weighted by Crippen LogP contribution is 2.39. The molecule has 2 nitrogen and oxygen atoms in total. The first kappa shape index (κ1) is 15.6. The van der Waals surface area contributed by atoms with E-state index in [0.717, 1.165) is 10.8 Å². The Hall–Kier alpha value is -0.800. The maximum atomic E-state index is 12.0. The fraction of sp³-hybridized carbons (Fsp3) is 0.588. The van der Waals surface area contributed by atoms with Gasteiger partial charge < -0.3 is 4.55 Å². The molecule has 20 heavy (non-hydrogen) atoms. The predicted molar refractivity (Wildman–Crippen MR) is 86.2 cm³/mol. The summed E-state index contributed by atoms with van der Waals surface area (Å²) in [5.74, 6) is 1.31. The fourth-order valence-electron chi connectivity index (χ4n) is 2.87. The molecule has 3 heteroatoms. The maximum absolute atomic E-state index is 12.0. The number of benzene rings is 1. The molecule has 0 bridgehead atoms. The molecule has 1 saturated carbocycles. The van der Waals surface area contributed by atoms with E-state index in [1.54, 1.807) is 0 Å². The van der Waals surface area contributed by atoms with Gasteiger partial charge in [0.25, 0.3) is 0 Å². The van der Waals surface area contributed by atoms with Crippen LogP contribution in [0.1, 0.15) is 46.5 Å². The van der Waals surface area contributed by atoms with Crippen LogP contribution in [0.15, 0.2) is 39.6 Å². The lowest BCUT2D eigenvalue weighted by Crippen LogP contribution is -2.26. The lowest BCUT2D eigenvalue weighted by molar-refractivity contribution is 0.168. The highest BCUT2D eigenvalue weighted by atomic mass is 32.2. The summed E-state index contributed by atoms with van der Waals surface area (Å²) in [5, 5.41) is 0. The number of nitrogens with zero attached hydrogens (tertiary/aromatic N) is 1. The molecule has 1 unspecified atom stereocenters. The van der Waals surface area contributed by atoms with Crippen LogP contribution in [0.5, 0.6) is 0 Å². The zero-order valence-electron chi connectivity index (χ0n) is 12.7. The van der Waals surface area contributed by atoms with Crippen molar-refractivity contribution in [2.24, 2.45) is 21.6 Å². The molecule has 110 valence electrons. The molecule has 1 aliphatic carbocycles. The Kier molecular flexibility index (Phi) is 5.28. The van der Waals surface area contributed by atoms with E-state index in [9.17, 15) is 4.55 Å². The quantitative estimate of drug-likeness (QED) is 0.590. The number of hydrogen-bond donors (Lipinski definition) is 0. The molecule has 0 radical (unpaired) electrons. The normalized spacial score (nSPS) is 25.8. The Balaban J connectivity index is 1.85. The Morgan fingerprint density at radius 2 is 1.70 bits per heavy atom. The molecule has 1 atom stereocenters. The van der Waals surface area contributed by atoms with Crippen LogP contribution in [-0.2, 0) is 11.4 Å². The first-order chi connectivity index (χ1) is 9.47. The molecule has 0 N–H and O–H groups in total. The van der Waals surface area contributed by atoms with Gasteiger partial charge in [0.2, 0.25) is 0 Å². The second kappa shape index (κ2) is 6.77. The minimum absolute atomic E-state index is 0.412. The zero-order chi connectivity index (χ0) is 14.6. The molecule has 0 aliphatic heterocycles. The van der Waals surface area contributed by atoms with E-state index in [1.807, 2.05) is 36.5 Å². The van der Waals surface area contributed by atoms with Crippen LogP contribution in [-0.4, -0.2) is 10.8 Å². The van der Waals surface area contributed by atoms with Crippen LogP contribution in [0, 0.1) is 17.3 Å². The Morgan fingerprint density at radius 3 is 2.25 bits per heavy atom. The maximum Gasteiger partial charge on any atom is 0.182 e. The van der Waals surface area contributed by atoms with Crippen LogP contribution in [0.4, 0.5) is 0 Å². The van der Waals surface area contributed by atoms with Crippen LogP contribution in [0.2, 0.25) is 0 Å². The summed E-state index contributed by atoms with van der Waals surface area (Å²) < 4.78 is 16.3. The van der Waals surface area contributed by atoms with Crippen molar-refractivity contribution in [2.75, 3.05) is 0 Å². The third-order valence-electron chi connectivity index (χ3n) is 4.31. The van der Waals surface area contributed by atoms with E-state index >= 15 is 0 Å². The van der Waals surface area contributed by atoms with Crippen molar-refractivity contribution >= 4 is 17.6 Å². The van der Waals surface area contributed by atoms with Gasteiger partial charge in [-0.25, -0.2) is 0 Å². The molecule has 0 aromatic heterocycles. The third kappa shape index (κ3) is 4.35. The predicted octanol–water partition coefficient (Wildman–Crippen LogP) is 4.63. The van der Waals surface area contributed by atoms with E-state index in [1.165, 1.54) is 25.7 Å². The molecule has 1 fully saturated rings. The minimum Gasteiger partial charge on any atom is -0.586 e. The lowest BCUT2D eigenvalue weighted by Gasteiger charge is -2.35.